The number of hydrogen-bond donors (Lipinski definition) is 2. The van der Waals surface area contributed by atoms with E-state index in [-0.39, 0.29) is 5.91 Å². The second kappa shape index (κ2) is 5.44. The number of nitrogens with one attached hydrogen (secondary N) is 2. The first-order chi connectivity index (χ1) is 8.63. The van der Waals surface area contributed by atoms with Gasteiger partial charge < -0.3 is 10.3 Å². The van der Waals surface area contributed by atoms with E-state index in [0.717, 1.165) is 22.9 Å². The summed E-state index contributed by atoms with van der Waals surface area (Å²) < 4.78 is 0. The molecule has 1 aromatic heterocycles. The minimum absolute atomic E-state index is 0.0635. The molecule has 0 radical (unpaired) electrons. The first-order valence-corrected chi connectivity index (χ1v) is 6.60. The number of amides is 1. The van der Waals surface area contributed by atoms with Crippen LogP contribution in [0.4, 0.5) is 0 Å². The lowest BCUT2D eigenvalue weighted by Crippen LogP contribution is -2.25. The molecule has 0 saturated carbocycles. The molecule has 96 valence electrons. The van der Waals surface area contributed by atoms with Crippen molar-refractivity contribution in [3.8, 4) is 0 Å². The molecule has 0 aliphatic carbocycles. The number of carbonyl (C=O) groups is 1. The van der Waals surface area contributed by atoms with Crippen LogP contribution < -0.4 is 5.32 Å². The number of alkyl halides is 1. The SMILES string of the molecule is Cc1ccc2[nH]c(C(=O)NCCCCl)c(C)c2c1. The standard InChI is InChI=1S/C14H17ClN2O/c1-9-4-5-12-11(8-9)10(2)13(17-12)14(18)16-7-3-6-15/h4-5,8,17H,3,6-7H2,1-2H3,(H,16,18). The van der Waals surface area contributed by atoms with Crippen molar-refractivity contribution in [3.63, 3.8) is 0 Å². The van der Waals surface area contributed by atoms with E-state index < -0.39 is 0 Å². The molecule has 1 amide bonds. The third kappa shape index (κ3) is 2.51. The van der Waals surface area contributed by atoms with Crippen molar-refractivity contribution in [3.05, 3.63) is 35.0 Å². The zero-order valence-electron chi connectivity index (χ0n) is 10.6. The van der Waals surface area contributed by atoms with Gasteiger partial charge in [-0.3, -0.25) is 4.79 Å². The Labute approximate surface area is 112 Å². The average molecular weight is 265 g/mol. The first kappa shape index (κ1) is 13.0. The monoisotopic (exact) mass is 264 g/mol. The van der Waals surface area contributed by atoms with Gasteiger partial charge in [-0.15, -0.1) is 11.6 Å². The lowest BCUT2D eigenvalue weighted by atomic mass is 10.1. The summed E-state index contributed by atoms with van der Waals surface area (Å²) in [6.07, 6.45) is 0.783. The first-order valence-electron chi connectivity index (χ1n) is 6.06. The Hall–Kier alpha value is -1.48. The number of rotatable bonds is 4. The van der Waals surface area contributed by atoms with E-state index in [2.05, 4.69) is 16.4 Å². The van der Waals surface area contributed by atoms with Crippen molar-refractivity contribution in [1.82, 2.24) is 10.3 Å². The number of halogens is 1. The normalized spacial score (nSPS) is 10.8. The number of aromatic amines is 1. The summed E-state index contributed by atoms with van der Waals surface area (Å²) >= 11 is 5.58. The van der Waals surface area contributed by atoms with Crippen molar-refractivity contribution in [1.29, 1.82) is 0 Å². The predicted molar refractivity (Wildman–Crippen MR) is 75.4 cm³/mol. The van der Waals surface area contributed by atoms with E-state index in [1.54, 1.807) is 0 Å². The zero-order chi connectivity index (χ0) is 13.1. The van der Waals surface area contributed by atoms with Gasteiger partial charge in [-0.05, 0) is 38.0 Å². The number of benzene rings is 1. The summed E-state index contributed by atoms with van der Waals surface area (Å²) in [5.74, 6) is 0.497. The molecule has 0 spiro atoms. The van der Waals surface area contributed by atoms with Gasteiger partial charge in [0, 0.05) is 23.3 Å². The third-order valence-corrected chi connectivity index (χ3v) is 3.30. The van der Waals surface area contributed by atoms with E-state index in [1.165, 1.54) is 5.56 Å². The maximum absolute atomic E-state index is 12.0. The molecular weight excluding hydrogens is 248 g/mol. The lowest BCUT2D eigenvalue weighted by Gasteiger charge is -2.02. The van der Waals surface area contributed by atoms with Crippen LogP contribution in [0.25, 0.3) is 10.9 Å². The van der Waals surface area contributed by atoms with Crippen LogP contribution >= 0.6 is 11.6 Å². The smallest absolute Gasteiger partial charge is 0.268 e. The summed E-state index contributed by atoms with van der Waals surface area (Å²) in [7, 11) is 0. The number of fused-ring (bicyclic) bond motifs is 1. The van der Waals surface area contributed by atoms with Gasteiger partial charge in [-0.25, -0.2) is 0 Å². The van der Waals surface area contributed by atoms with Crippen molar-refractivity contribution < 1.29 is 4.79 Å². The third-order valence-electron chi connectivity index (χ3n) is 3.04. The molecule has 1 aromatic carbocycles. The van der Waals surface area contributed by atoms with E-state index in [1.807, 2.05) is 26.0 Å². The Bertz CT molecular complexity index is 574. The van der Waals surface area contributed by atoms with E-state index in [0.29, 0.717) is 18.1 Å². The van der Waals surface area contributed by atoms with Crippen LogP contribution in [0.2, 0.25) is 0 Å². The van der Waals surface area contributed by atoms with Gasteiger partial charge in [-0.1, -0.05) is 11.6 Å². The summed E-state index contributed by atoms with van der Waals surface area (Å²) in [4.78, 5) is 15.2. The summed E-state index contributed by atoms with van der Waals surface area (Å²) in [5, 5.41) is 3.97. The van der Waals surface area contributed by atoms with Crippen molar-refractivity contribution in [2.45, 2.75) is 20.3 Å². The van der Waals surface area contributed by atoms with E-state index in [9.17, 15) is 4.79 Å². The number of hydrogen-bond acceptors (Lipinski definition) is 1. The van der Waals surface area contributed by atoms with Crippen molar-refractivity contribution in [2.75, 3.05) is 12.4 Å². The minimum Gasteiger partial charge on any atom is -0.351 e. The fraction of sp³-hybridized carbons (Fsp3) is 0.357. The highest BCUT2D eigenvalue weighted by Gasteiger charge is 2.13. The lowest BCUT2D eigenvalue weighted by molar-refractivity contribution is 0.0949. The molecule has 0 aliphatic rings. The molecule has 0 unspecified atom stereocenters. The fourth-order valence-corrected chi connectivity index (χ4v) is 2.16. The van der Waals surface area contributed by atoms with Gasteiger partial charge in [0.15, 0.2) is 0 Å². The highest BCUT2D eigenvalue weighted by Crippen LogP contribution is 2.22. The quantitative estimate of drug-likeness (QED) is 0.647. The maximum Gasteiger partial charge on any atom is 0.268 e. The minimum atomic E-state index is -0.0635. The molecule has 0 bridgehead atoms. The van der Waals surface area contributed by atoms with Crippen molar-refractivity contribution in [2.24, 2.45) is 0 Å². The molecule has 0 atom stereocenters. The highest BCUT2D eigenvalue weighted by atomic mass is 35.5. The van der Waals surface area contributed by atoms with Gasteiger partial charge >= 0.3 is 0 Å². The van der Waals surface area contributed by atoms with Crippen LogP contribution in [0.3, 0.4) is 0 Å². The van der Waals surface area contributed by atoms with Gasteiger partial charge in [0.2, 0.25) is 0 Å². The van der Waals surface area contributed by atoms with Gasteiger partial charge in [0.25, 0.3) is 5.91 Å². The second-order valence-corrected chi connectivity index (χ2v) is 4.85. The Morgan fingerprint density at radius 2 is 2.17 bits per heavy atom. The molecule has 2 aromatic rings. The number of aryl methyl sites for hydroxylation is 2. The molecule has 0 saturated heterocycles. The Kier molecular flexibility index (Phi) is 3.92. The van der Waals surface area contributed by atoms with Gasteiger partial charge in [-0.2, -0.15) is 0 Å². The molecule has 1 heterocycles. The molecule has 0 aliphatic heterocycles. The van der Waals surface area contributed by atoms with Crippen LogP contribution in [0.15, 0.2) is 18.2 Å². The molecule has 2 N–H and O–H groups in total. The average Bonchev–Trinajstić information content (AvgIpc) is 2.67. The van der Waals surface area contributed by atoms with Gasteiger partial charge in [0.05, 0.1) is 0 Å². The summed E-state index contributed by atoms with van der Waals surface area (Å²) in [6.45, 7) is 4.62. The molecule has 0 fully saturated rings. The highest BCUT2D eigenvalue weighted by molar-refractivity contribution is 6.17. The Morgan fingerprint density at radius 3 is 2.89 bits per heavy atom. The van der Waals surface area contributed by atoms with Crippen LogP contribution in [0.1, 0.15) is 28.0 Å². The molecule has 18 heavy (non-hydrogen) atoms. The van der Waals surface area contributed by atoms with Crippen LogP contribution in [0.5, 0.6) is 0 Å². The Balaban J connectivity index is 2.28. The van der Waals surface area contributed by atoms with E-state index in [4.69, 9.17) is 11.6 Å². The zero-order valence-corrected chi connectivity index (χ0v) is 11.4. The Morgan fingerprint density at radius 1 is 1.39 bits per heavy atom. The maximum atomic E-state index is 12.0. The summed E-state index contributed by atoms with van der Waals surface area (Å²) in [6, 6.07) is 6.14. The van der Waals surface area contributed by atoms with Crippen LogP contribution in [-0.4, -0.2) is 23.3 Å². The fourth-order valence-electron chi connectivity index (χ4n) is 2.02. The van der Waals surface area contributed by atoms with Crippen LogP contribution in [-0.2, 0) is 0 Å². The number of carbonyl (C=O) groups excluding carboxylic acids is 1. The number of H-pyrrole nitrogens is 1. The second-order valence-electron chi connectivity index (χ2n) is 4.47. The molecule has 3 nitrogen and oxygen atoms in total. The molecule has 2 rings (SSSR count). The van der Waals surface area contributed by atoms with Crippen LogP contribution in [0, 0.1) is 13.8 Å². The van der Waals surface area contributed by atoms with E-state index >= 15 is 0 Å². The topological polar surface area (TPSA) is 44.9 Å². The predicted octanol–water partition coefficient (Wildman–Crippen LogP) is 3.14. The molecule has 4 heteroatoms. The summed E-state index contributed by atoms with van der Waals surface area (Å²) in [5.41, 5.74) is 3.83. The molecular formula is C14H17ClN2O. The van der Waals surface area contributed by atoms with Crippen molar-refractivity contribution >= 4 is 28.4 Å². The van der Waals surface area contributed by atoms with Gasteiger partial charge in [0.1, 0.15) is 5.69 Å². The number of aromatic nitrogens is 1. The largest absolute Gasteiger partial charge is 0.351 e.